The van der Waals surface area contributed by atoms with Crippen molar-refractivity contribution in [3.05, 3.63) is 42.2 Å². The number of Topliss-reactive ketones (excluding diaryl/α,β-unsaturated/α-hetero) is 1. The highest BCUT2D eigenvalue weighted by Crippen LogP contribution is 2.27. The molecule has 0 radical (unpaired) electrons. The molecule has 7 nitrogen and oxygen atoms in total. The first-order valence-corrected chi connectivity index (χ1v) is 7.66. The third kappa shape index (κ3) is 3.07. The lowest BCUT2D eigenvalue weighted by atomic mass is 10.1. The molecule has 0 aliphatic rings. The minimum Gasteiger partial charge on any atom is -0.504 e. The number of benzene rings is 1. The summed E-state index contributed by atoms with van der Waals surface area (Å²) in [5.74, 6) is 0.542. The molecule has 2 N–H and O–H groups in total. The topological polar surface area (TPSA) is 101 Å². The van der Waals surface area contributed by atoms with Gasteiger partial charge in [0.15, 0.2) is 34.0 Å². The van der Waals surface area contributed by atoms with Crippen molar-refractivity contribution in [3.8, 4) is 23.1 Å². The number of ketones is 1. The lowest BCUT2D eigenvalue weighted by molar-refractivity contribution is 0.102. The Hall–Kier alpha value is -2.74. The molecule has 0 spiro atoms. The highest BCUT2D eigenvalue weighted by Gasteiger charge is 2.15. The lowest BCUT2D eigenvalue weighted by Crippen LogP contribution is -2.03. The molecule has 0 bridgehead atoms. The fraction of sp³-hybridized carbons (Fsp3) is 0.133. The van der Waals surface area contributed by atoms with Gasteiger partial charge in [0.2, 0.25) is 0 Å². The zero-order valence-corrected chi connectivity index (χ0v) is 12.9. The number of carbonyl (C=O) groups is 1. The van der Waals surface area contributed by atoms with E-state index in [9.17, 15) is 15.0 Å². The third-order valence-corrected chi connectivity index (χ3v) is 4.23. The van der Waals surface area contributed by atoms with Crippen molar-refractivity contribution in [1.29, 1.82) is 0 Å². The fourth-order valence-electron chi connectivity index (χ4n) is 1.97. The Labute approximate surface area is 135 Å². The van der Waals surface area contributed by atoms with Crippen LogP contribution in [0, 0.1) is 0 Å². The van der Waals surface area contributed by atoms with E-state index in [0.717, 1.165) is 0 Å². The molecule has 0 aliphatic carbocycles. The van der Waals surface area contributed by atoms with Gasteiger partial charge in [0.1, 0.15) is 0 Å². The highest BCUT2D eigenvalue weighted by atomic mass is 32.2. The quantitative estimate of drug-likeness (QED) is 0.420. The van der Waals surface area contributed by atoms with Gasteiger partial charge in [-0.05, 0) is 30.3 Å². The number of carbonyl (C=O) groups excluding carboxylic acids is 1. The Morgan fingerprint density at radius 1 is 1.26 bits per heavy atom. The van der Waals surface area contributed by atoms with Crippen LogP contribution in [0.5, 0.6) is 11.5 Å². The van der Waals surface area contributed by atoms with Crippen molar-refractivity contribution in [3.63, 3.8) is 0 Å². The molecule has 23 heavy (non-hydrogen) atoms. The number of furan rings is 1. The van der Waals surface area contributed by atoms with E-state index in [4.69, 9.17) is 4.42 Å². The molecule has 0 saturated heterocycles. The van der Waals surface area contributed by atoms with Crippen LogP contribution in [-0.4, -0.2) is 36.5 Å². The summed E-state index contributed by atoms with van der Waals surface area (Å²) in [5, 5.41) is 27.4. The van der Waals surface area contributed by atoms with Crippen LogP contribution in [0.2, 0.25) is 0 Å². The first-order chi connectivity index (χ1) is 11.1. The second-order valence-electron chi connectivity index (χ2n) is 4.76. The Balaban J connectivity index is 1.71. The maximum absolute atomic E-state index is 12.1. The Bertz CT molecular complexity index is 843. The van der Waals surface area contributed by atoms with Crippen LogP contribution < -0.4 is 0 Å². The van der Waals surface area contributed by atoms with Crippen LogP contribution in [0.25, 0.3) is 11.6 Å². The van der Waals surface area contributed by atoms with E-state index >= 15 is 0 Å². The van der Waals surface area contributed by atoms with Gasteiger partial charge in [-0.15, -0.1) is 10.2 Å². The Morgan fingerprint density at radius 3 is 2.78 bits per heavy atom. The van der Waals surface area contributed by atoms with E-state index < -0.39 is 0 Å². The molecule has 0 atom stereocenters. The van der Waals surface area contributed by atoms with Gasteiger partial charge in [-0.25, -0.2) is 0 Å². The molecule has 3 aromatic rings. The molecule has 0 unspecified atom stereocenters. The average Bonchev–Trinajstić information content (AvgIpc) is 3.17. The fourth-order valence-corrected chi connectivity index (χ4v) is 2.78. The van der Waals surface area contributed by atoms with E-state index in [0.29, 0.717) is 22.3 Å². The molecule has 0 amide bonds. The van der Waals surface area contributed by atoms with Gasteiger partial charge in [-0.1, -0.05) is 11.8 Å². The van der Waals surface area contributed by atoms with E-state index in [1.165, 1.54) is 30.0 Å². The van der Waals surface area contributed by atoms with Crippen LogP contribution in [0.3, 0.4) is 0 Å². The Morgan fingerprint density at radius 2 is 2.09 bits per heavy atom. The molecular weight excluding hydrogens is 318 g/mol. The number of phenolic OH excluding ortho intramolecular Hbond substituents is 2. The SMILES string of the molecule is Cn1c(SCC(=O)c2ccc(O)c(O)c2)nnc1-c1ccco1. The zero-order chi connectivity index (χ0) is 16.4. The predicted molar refractivity (Wildman–Crippen MR) is 83.5 cm³/mol. The Kier molecular flexibility index (Phi) is 4.07. The third-order valence-electron chi connectivity index (χ3n) is 3.21. The van der Waals surface area contributed by atoms with Crippen molar-refractivity contribution in [2.24, 2.45) is 7.05 Å². The first kappa shape index (κ1) is 15.2. The largest absolute Gasteiger partial charge is 0.504 e. The summed E-state index contributed by atoms with van der Waals surface area (Å²) in [7, 11) is 1.79. The van der Waals surface area contributed by atoms with Crippen LogP contribution >= 0.6 is 11.8 Å². The van der Waals surface area contributed by atoms with Crippen molar-refractivity contribution in [1.82, 2.24) is 14.8 Å². The number of hydrogen-bond donors (Lipinski definition) is 2. The van der Waals surface area contributed by atoms with Gasteiger partial charge in [0, 0.05) is 12.6 Å². The van der Waals surface area contributed by atoms with Gasteiger partial charge in [-0.2, -0.15) is 0 Å². The number of rotatable bonds is 5. The first-order valence-electron chi connectivity index (χ1n) is 6.67. The number of aromatic nitrogens is 3. The number of phenols is 2. The maximum Gasteiger partial charge on any atom is 0.200 e. The van der Waals surface area contributed by atoms with E-state index in [2.05, 4.69) is 10.2 Å². The van der Waals surface area contributed by atoms with E-state index in [1.54, 1.807) is 30.0 Å². The number of aromatic hydroxyl groups is 2. The number of nitrogens with zero attached hydrogens (tertiary/aromatic N) is 3. The molecule has 0 saturated carbocycles. The summed E-state index contributed by atoms with van der Waals surface area (Å²) in [4.78, 5) is 12.1. The van der Waals surface area contributed by atoms with Crippen LogP contribution in [0.15, 0.2) is 46.2 Å². The molecule has 8 heteroatoms. The number of hydrogen-bond acceptors (Lipinski definition) is 7. The van der Waals surface area contributed by atoms with Crippen molar-refractivity contribution < 1.29 is 19.4 Å². The summed E-state index contributed by atoms with van der Waals surface area (Å²) < 4.78 is 7.02. The average molecular weight is 331 g/mol. The summed E-state index contributed by atoms with van der Waals surface area (Å²) in [6.07, 6.45) is 1.55. The van der Waals surface area contributed by atoms with Crippen molar-refractivity contribution in [2.45, 2.75) is 5.16 Å². The normalized spacial score (nSPS) is 10.8. The standard InChI is InChI=1S/C15H13N3O4S/c1-18-14(13-3-2-6-22-13)16-17-15(18)23-8-12(21)9-4-5-10(19)11(20)7-9/h2-7,19-20H,8H2,1H3. The van der Waals surface area contributed by atoms with Gasteiger partial charge in [0.25, 0.3) is 0 Å². The molecule has 1 aromatic carbocycles. The van der Waals surface area contributed by atoms with E-state index in [-0.39, 0.29) is 23.0 Å². The summed E-state index contributed by atoms with van der Waals surface area (Å²) >= 11 is 1.23. The molecular formula is C15H13N3O4S. The monoisotopic (exact) mass is 331 g/mol. The number of thioether (sulfide) groups is 1. The zero-order valence-electron chi connectivity index (χ0n) is 12.1. The van der Waals surface area contributed by atoms with Gasteiger partial charge in [0.05, 0.1) is 12.0 Å². The molecule has 118 valence electrons. The predicted octanol–water partition coefficient (Wildman–Crippen LogP) is 2.46. The molecule has 3 rings (SSSR count). The smallest absolute Gasteiger partial charge is 0.200 e. The van der Waals surface area contributed by atoms with Crippen LogP contribution in [0.4, 0.5) is 0 Å². The summed E-state index contributed by atoms with van der Waals surface area (Å²) in [6, 6.07) is 7.52. The minimum atomic E-state index is -0.320. The summed E-state index contributed by atoms with van der Waals surface area (Å²) in [6.45, 7) is 0. The lowest BCUT2D eigenvalue weighted by Gasteiger charge is -2.04. The van der Waals surface area contributed by atoms with Crippen molar-refractivity contribution in [2.75, 3.05) is 5.75 Å². The second-order valence-corrected chi connectivity index (χ2v) is 5.70. The summed E-state index contributed by atoms with van der Waals surface area (Å²) in [5.41, 5.74) is 0.321. The van der Waals surface area contributed by atoms with Gasteiger partial charge >= 0.3 is 0 Å². The molecule has 2 aromatic heterocycles. The molecule has 2 heterocycles. The maximum atomic E-state index is 12.1. The van der Waals surface area contributed by atoms with Crippen molar-refractivity contribution >= 4 is 17.5 Å². The second kappa shape index (κ2) is 6.17. The molecule has 0 aliphatic heterocycles. The van der Waals surface area contributed by atoms with Crippen LogP contribution in [-0.2, 0) is 7.05 Å². The van der Waals surface area contributed by atoms with Crippen LogP contribution in [0.1, 0.15) is 10.4 Å². The highest BCUT2D eigenvalue weighted by molar-refractivity contribution is 7.99. The van der Waals surface area contributed by atoms with Gasteiger partial charge < -0.3 is 19.2 Å². The van der Waals surface area contributed by atoms with Gasteiger partial charge in [-0.3, -0.25) is 4.79 Å². The minimum absolute atomic E-state index is 0.133. The van der Waals surface area contributed by atoms with E-state index in [1.807, 2.05) is 0 Å². The molecule has 0 fully saturated rings.